The quantitative estimate of drug-likeness (QED) is 0.656. The zero-order valence-electron chi connectivity index (χ0n) is 10.9. The summed E-state index contributed by atoms with van der Waals surface area (Å²) in [6.07, 6.45) is 0. The molecule has 1 rings (SSSR count). The summed E-state index contributed by atoms with van der Waals surface area (Å²) in [7, 11) is 1.47. The molecule has 0 spiro atoms. The van der Waals surface area contributed by atoms with Gasteiger partial charge in [0, 0.05) is 5.69 Å². The number of aliphatic carboxylic acids is 1. The van der Waals surface area contributed by atoms with Crippen molar-refractivity contribution in [2.75, 3.05) is 19.0 Å². The normalized spacial score (nSPS) is 13.2. The molecule has 1 aromatic carbocycles. The van der Waals surface area contributed by atoms with Crippen LogP contribution in [-0.2, 0) is 4.79 Å². The number of hydrogen-bond donors (Lipinski definition) is 4. The van der Waals surface area contributed by atoms with Gasteiger partial charge in [-0.3, -0.25) is 0 Å². The van der Waals surface area contributed by atoms with Crippen LogP contribution in [0.5, 0.6) is 5.75 Å². The van der Waals surface area contributed by atoms with Crippen LogP contribution >= 0.6 is 11.6 Å². The Morgan fingerprint density at radius 1 is 1.45 bits per heavy atom. The highest BCUT2D eigenvalue weighted by atomic mass is 35.5. The molecule has 2 amide bonds. The molecule has 0 heterocycles. The molecule has 0 fully saturated rings. The van der Waals surface area contributed by atoms with Gasteiger partial charge in [0.05, 0.1) is 18.7 Å². The van der Waals surface area contributed by atoms with Crippen molar-refractivity contribution in [2.24, 2.45) is 0 Å². The van der Waals surface area contributed by atoms with Crippen LogP contribution in [0.2, 0.25) is 5.02 Å². The van der Waals surface area contributed by atoms with Gasteiger partial charge in [-0.2, -0.15) is 0 Å². The van der Waals surface area contributed by atoms with Crippen LogP contribution in [0.25, 0.3) is 0 Å². The maximum atomic E-state index is 11.5. The molecule has 0 bridgehead atoms. The van der Waals surface area contributed by atoms with Crippen molar-refractivity contribution in [1.82, 2.24) is 5.32 Å². The molecule has 0 saturated carbocycles. The van der Waals surface area contributed by atoms with Gasteiger partial charge in [-0.05, 0) is 25.1 Å². The minimum absolute atomic E-state index is 0.322. The van der Waals surface area contributed by atoms with Crippen molar-refractivity contribution >= 4 is 29.3 Å². The number of anilines is 1. The maximum Gasteiger partial charge on any atom is 0.337 e. The number of carbonyl (C=O) groups is 2. The fourth-order valence-electron chi connectivity index (χ4n) is 1.25. The van der Waals surface area contributed by atoms with Gasteiger partial charge in [0.2, 0.25) is 0 Å². The number of hydrogen-bond acceptors (Lipinski definition) is 4. The van der Waals surface area contributed by atoms with Crippen LogP contribution in [0.15, 0.2) is 18.2 Å². The highest BCUT2D eigenvalue weighted by Crippen LogP contribution is 2.27. The SMILES string of the molecule is COc1ccc(NC(=O)NCC(C)(O)C(=O)O)cc1Cl. The average molecular weight is 303 g/mol. The zero-order valence-corrected chi connectivity index (χ0v) is 11.7. The van der Waals surface area contributed by atoms with Crippen molar-refractivity contribution < 1.29 is 24.5 Å². The Kier molecular flexibility index (Phi) is 5.18. The molecule has 4 N–H and O–H groups in total. The second-order valence-corrected chi connectivity index (χ2v) is 4.64. The molecule has 7 nitrogen and oxygen atoms in total. The van der Waals surface area contributed by atoms with E-state index in [9.17, 15) is 14.7 Å². The summed E-state index contributed by atoms with van der Waals surface area (Å²) in [5, 5.41) is 23.1. The first-order valence-electron chi connectivity index (χ1n) is 5.60. The first-order chi connectivity index (χ1) is 9.26. The predicted molar refractivity (Wildman–Crippen MR) is 73.3 cm³/mol. The highest BCUT2D eigenvalue weighted by Gasteiger charge is 2.30. The molecule has 0 aliphatic heterocycles. The number of nitrogens with one attached hydrogen (secondary N) is 2. The van der Waals surface area contributed by atoms with E-state index in [4.69, 9.17) is 21.4 Å². The third kappa shape index (κ3) is 4.29. The molecule has 20 heavy (non-hydrogen) atoms. The molecule has 0 radical (unpaired) electrons. The lowest BCUT2D eigenvalue weighted by Gasteiger charge is -2.18. The lowest BCUT2D eigenvalue weighted by atomic mass is 10.1. The first-order valence-corrected chi connectivity index (χ1v) is 5.98. The third-order valence-corrected chi connectivity index (χ3v) is 2.76. The predicted octanol–water partition coefficient (Wildman–Crippen LogP) is 1.31. The van der Waals surface area contributed by atoms with Crippen molar-refractivity contribution in [3.8, 4) is 5.75 Å². The molecule has 0 aliphatic rings. The number of carboxylic acid groups (broad SMARTS) is 1. The number of halogens is 1. The first kappa shape index (κ1) is 16.1. The Balaban J connectivity index is 2.59. The second kappa shape index (κ2) is 6.44. The standard InChI is InChI=1S/C12H15ClN2O5/c1-12(19,10(16)17)6-14-11(18)15-7-3-4-9(20-2)8(13)5-7/h3-5,19H,6H2,1-2H3,(H,16,17)(H2,14,15,18). The minimum atomic E-state index is -2.03. The summed E-state index contributed by atoms with van der Waals surface area (Å²) < 4.78 is 4.96. The van der Waals surface area contributed by atoms with E-state index in [0.717, 1.165) is 6.92 Å². The van der Waals surface area contributed by atoms with Gasteiger partial charge in [0.25, 0.3) is 0 Å². The lowest BCUT2D eigenvalue weighted by molar-refractivity contribution is -0.155. The number of carbonyl (C=O) groups excluding carboxylic acids is 1. The molecule has 110 valence electrons. The summed E-state index contributed by atoms with van der Waals surface area (Å²) in [4.78, 5) is 22.2. The van der Waals surface area contributed by atoms with Gasteiger partial charge in [-0.15, -0.1) is 0 Å². The van der Waals surface area contributed by atoms with E-state index in [1.807, 2.05) is 0 Å². The Hall–Kier alpha value is -1.99. The fourth-order valence-corrected chi connectivity index (χ4v) is 1.51. The number of rotatable bonds is 5. The van der Waals surface area contributed by atoms with Crippen LogP contribution < -0.4 is 15.4 Å². The summed E-state index contributed by atoms with van der Waals surface area (Å²) >= 11 is 5.89. The molecule has 1 unspecified atom stereocenters. The fraction of sp³-hybridized carbons (Fsp3) is 0.333. The van der Waals surface area contributed by atoms with Crippen LogP contribution in [0.1, 0.15) is 6.92 Å². The molecule has 0 saturated heterocycles. The van der Waals surface area contributed by atoms with Crippen molar-refractivity contribution in [3.05, 3.63) is 23.2 Å². The minimum Gasteiger partial charge on any atom is -0.495 e. The number of aliphatic hydroxyl groups is 1. The van der Waals surface area contributed by atoms with E-state index in [1.54, 1.807) is 12.1 Å². The number of methoxy groups -OCH3 is 1. The number of ether oxygens (including phenoxy) is 1. The molecular formula is C12H15ClN2O5. The van der Waals surface area contributed by atoms with Crippen molar-refractivity contribution in [1.29, 1.82) is 0 Å². The van der Waals surface area contributed by atoms with Gasteiger partial charge in [-0.1, -0.05) is 11.6 Å². The summed E-state index contributed by atoms with van der Waals surface area (Å²) in [5.41, 5.74) is -1.63. The van der Waals surface area contributed by atoms with E-state index >= 15 is 0 Å². The topological polar surface area (TPSA) is 108 Å². The average Bonchev–Trinajstić information content (AvgIpc) is 2.36. The Morgan fingerprint density at radius 2 is 2.10 bits per heavy atom. The van der Waals surface area contributed by atoms with Gasteiger partial charge in [0.1, 0.15) is 5.75 Å². The monoisotopic (exact) mass is 302 g/mol. The van der Waals surface area contributed by atoms with Crippen LogP contribution in [-0.4, -0.2) is 41.5 Å². The lowest BCUT2D eigenvalue weighted by Crippen LogP contribution is -2.47. The van der Waals surface area contributed by atoms with Crippen LogP contribution in [0.4, 0.5) is 10.5 Å². The Labute approximate surface area is 120 Å². The number of amides is 2. The van der Waals surface area contributed by atoms with Crippen LogP contribution in [0.3, 0.4) is 0 Å². The zero-order chi connectivity index (χ0) is 15.3. The molecule has 1 atom stereocenters. The van der Waals surface area contributed by atoms with Crippen molar-refractivity contribution in [2.45, 2.75) is 12.5 Å². The van der Waals surface area contributed by atoms with E-state index in [-0.39, 0.29) is 0 Å². The molecule has 0 aromatic heterocycles. The Morgan fingerprint density at radius 3 is 2.60 bits per heavy atom. The van der Waals surface area contributed by atoms with Gasteiger partial charge in [-0.25, -0.2) is 9.59 Å². The summed E-state index contributed by atoms with van der Waals surface area (Å²) in [6, 6.07) is 3.97. The number of carboxylic acids is 1. The third-order valence-electron chi connectivity index (χ3n) is 2.46. The molecule has 0 aliphatic carbocycles. The molecule has 1 aromatic rings. The number of benzene rings is 1. The van der Waals surface area contributed by atoms with E-state index in [0.29, 0.717) is 16.5 Å². The number of urea groups is 1. The summed E-state index contributed by atoms with van der Waals surface area (Å²) in [6.45, 7) is 0.651. The maximum absolute atomic E-state index is 11.5. The second-order valence-electron chi connectivity index (χ2n) is 4.24. The largest absolute Gasteiger partial charge is 0.495 e. The van der Waals surface area contributed by atoms with Gasteiger partial charge in [0.15, 0.2) is 5.60 Å². The van der Waals surface area contributed by atoms with Gasteiger partial charge < -0.3 is 25.6 Å². The van der Waals surface area contributed by atoms with E-state index in [2.05, 4.69) is 10.6 Å². The van der Waals surface area contributed by atoms with Gasteiger partial charge >= 0.3 is 12.0 Å². The smallest absolute Gasteiger partial charge is 0.337 e. The van der Waals surface area contributed by atoms with E-state index < -0.39 is 24.1 Å². The highest BCUT2D eigenvalue weighted by molar-refractivity contribution is 6.32. The molecular weight excluding hydrogens is 288 g/mol. The van der Waals surface area contributed by atoms with E-state index in [1.165, 1.54) is 13.2 Å². The van der Waals surface area contributed by atoms with Crippen molar-refractivity contribution in [3.63, 3.8) is 0 Å². The van der Waals surface area contributed by atoms with Crippen LogP contribution in [0, 0.1) is 0 Å². The molecule has 8 heteroatoms. The summed E-state index contributed by atoms with van der Waals surface area (Å²) in [5.74, 6) is -0.961. The Bertz CT molecular complexity index is 519.